The van der Waals surface area contributed by atoms with E-state index in [1.807, 2.05) is 18.2 Å². The molecule has 1 heterocycles. The number of hydrogen-bond donors (Lipinski definition) is 1. The molecule has 1 aliphatic heterocycles. The van der Waals surface area contributed by atoms with E-state index in [9.17, 15) is 20.0 Å². The first-order valence-corrected chi connectivity index (χ1v) is 12.0. The maximum Gasteiger partial charge on any atom is 0.344 e. The minimum absolute atomic E-state index is 0.0921. The Morgan fingerprint density at radius 2 is 2.00 bits per heavy atom. The van der Waals surface area contributed by atoms with Crippen molar-refractivity contribution in [1.29, 1.82) is 5.26 Å². The van der Waals surface area contributed by atoms with E-state index in [0.717, 1.165) is 21.8 Å². The Bertz CT molecular complexity index is 1260. The minimum atomic E-state index is -0.752. The quantitative estimate of drug-likeness (QED) is 0.448. The minimum Gasteiger partial charge on any atom is -0.506 e. The summed E-state index contributed by atoms with van der Waals surface area (Å²) in [6.45, 7) is 3.59. The molecule has 0 unspecified atom stereocenters. The molecule has 0 aliphatic carbocycles. The molecule has 0 atom stereocenters. The summed E-state index contributed by atoms with van der Waals surface area (Å²) in [6.07, 6.45) is 1.81. The molecule has 1 N–H and O–H groups in total. The van der Waals surface area contributed by atoms with Gasteiger partial charge >= 0.3 is 5.97 Å². The lowest BCUT2D eigenvalue weighted by Crippen LogP contribution is -2.14. The van der Waals surface area contributed by atoms with Gasteiger partial charge in [-0.2, -0.15) is 5.26 Å². The second-order valence-electron chi connectivity index (χ2n) is 6.96. The summed E-state index contributed by atoms with van der Waals surface area (Å²) >= 11 is 4.44. The van der Waals surface area contributed by atoms with Gasteiger partial charge < -0.3 is 14.6 Å². The van der Waals surface area contributed by atoms with Gasteiger partial charge in [-0.1, -0.05) is 52.8 Å². The van der Waals surface area contributed by atoms with Crippen molar-refractivity contribution in [1.82, 2.24) is 0 Å². The predicted octanol–water partition coefficient (Wildman–Crippen LogP) is 5.70. The van der Waals surface area contributed by atoms with Crippen LogP contribution in [0.5, 0.6) is 5.75 Å². The average molecular weight is 541 g/mol. The normalized spacial score (nSPS) is 15.5. The van der Waals surface area contributed by atoms with E-state index >= 15 is 0 Å². The van der Waals surface area contributed by atoms with Crippen LogP contribution in [0.15, 0.2) is 68.2 Å². The number of esters is 1. The maximum atomic E-state index is 12.4. The first-order chi connectivity index (χ1) is 16.4. The SMILES string of the molecule is CCOC(=O)C1=C(O)/C(=C/c2cc(Br)ccc2OCc2ccccc2C#N)SC1=NC(=O)CC. The predicted molar refractivity (Wildman–Crippen MR) is 134 cm³/mol. The molecule has 174 valence electrons. The van der Waals surface area contributed by atoms with E-state index in [4.69, 9.17) is 9.47 Å². The van der Waals surface area contributed by atoms with Gasteiger partial charge in [0, 0.05) is 22.0 Å². The molecule has 2 aromatic rings. The van der Waals surface area contributed by atoms with Crippen LogP contribution >= 0.6 is 27.7 Å². The summed E-state index contributed by atoms with van der Waals surface area (Å²) < 4.78 is 11.8. The molecule has 0 aromatic heterocycles. The Hall–Kier alpha value is -3.35. The van der Waals surface area contributed by atoms with Crippen LogP contribution in [0.1, 0.15) is 37.0 Å². The molecule has 1 amide bonds. The fraction of sp³-hybridized carbons (Fsp3) is 0.200. The van der Waals surface area contributed by atoms with Crippen molar-refractivity contribution in [3.8, 4) is 11.8 Å². The highest BCUT2D eigenvalue weighted by Crippen LogP contribution is 2.40. The van der Waals surface area contributed by atoms with Gasteiger partial charge in [0.05, 0.1) is 23.1 Å². The zero-order chi connectivity index (χ0) is 24.7. The van der Waals surface area contributed by atoms with Gasteiger partial charge in [0.1, 0.15) is 28.7 Å². The number of aliphatic hydroxyl groups is 1. The summed E-state index contributed by atoms with van der Waals surface area (Å²) in [5.41, 5.74) is 1.73. The standard InChI is InChI=1S/C25H21BrN2O5S/c1-3-21(29)28-24-22(25(31)32-4-2)23(30)20(34-24)12-17-11-18(26)9-10-19(17)33-14-16-8-6-5-7-15(16)13-27/h5-12,30H,3-4,14H2,1-2H3/b20-12-,28-24?. The molecule has 34 heavy (non-hydrogen) atoms. The summed E-state index contributed by atoms with van der Waals surface area (Å²) in [5, 5.41) is 20.2. The third-order valence-electron chi connectivity index (χ3n) is 4.68. The number of amides is 1. The number of aliphatic imine (C=N–C) groups is 1. The van der Waals surface area contributed by atoms with Crippen molar-refractivity contribution in [2.75, 3.05) is 6.61 Å². The first-order valence-electron chi connectivity index (χ1n) is 10.4. The lowest BCUT2D eigenvalue weighted by molar-refractivity contribution is -0.138. The number of hydrogen-bond acceptors (Lipinski definition) is 7. The van der Waals surface area contributed by atoms with E-state index in [-0.39, 0.29) is 36.0 Å². The number of carbonyl (C=O) groups excluding carboxylic acids is 2. The van der Waals surface area contributed by atoms with Crippen LogP contribution in [0, 0.1) is 11.3 Å². The van der Waals surface area contributed by atoms with E-state index in [1.165, 1.54) is 0 Å². The molecule has 9 heteroatoms. The van der Waals surface area contributed by atoms with Crippen molar-refractivity contribution in [2.45, 2.75) is 26.9 Å². The molecule has 2 aromatic carbocycles. The van der Waals surface area contributed by atoms with Crippen LogP contribution in [0.3, 0.4) is 0 Å². The number of carbonyl (C=O) groups is 2. The van der Waals surface area contributed by atoms with Crippen LogP contribution in [-0.4, -0.2) is 28.6 Å². The number of ether oxygens (including phenoxy) is 2. The van der Waals surface area contributed by atoms with E-state index < -0.39 is 11.9 Å². The maximum absolute atomic E-state index is 12.4. The van der Waals surface area contributed by atoms with Crippen molar-refractivity contribution in [3.63, 3.8) is 0 Å². The molecule has 7 nitrogen and oxygen atoms in total. The summed E-state index contributed by atoms with van der Waals surface area (Å²) in [6, 6.07) is 14.7. The van der Waals surface area contributed by atoms with Gasteiger partial charge in [-0.3, -0.25) is 4.79 Å². The van der Waals surface area contributed by atoms with Crippen molar-refractivity contribution in [3.05, 3.63) is 79.9 Å². The molecule has 0 fully saturated rings. The Labute approximate surface area is 209 Å². The third kappa shape index (κ3) is 5.95. The lowest BCUT2D eigenvalue weighted by Gasteiger charge is -2.11. The fourth-order valence-corrected chi connectivity index (χ4v) is 4.40. The second-order valence-corrected chi connectivity index (χ2v) is 8.91. The highest BCUT2D eigenvalue weighted by atomic mass is 79.9. The van der Waals surface area contributed by atoms with Crippen LogP contribution in [-0.2, 0) is 20.9 Å². The number of halogens is 1. The number of rotatable bonds is 7. The lowest BCUT2D eigenvalue weighted by atomic mass is 10.1. The summed E-state index contributed by atoms with van der Waals surface area (Å²) in [5.74, 6) is -0.977. The molecule has 0 bridgehead atoms. The Morgan fingerprint density at radius 3 is 2.71 bits per heavy atom. The van der Waals surface area contributed by atoms with E-state index in [2.05, 4.69) is 27.0 Å². The molecule has 0 spiro atoms. The van der Waals surface area contributed by atoms with Crippen LogP contribution in [0.25, 0.3) is 6.08 Å². The molecular weight excluding hydrogens is 520 g/mol. The average Bonchev–Trinajstić information content (AvgIpc) is 3.13. The number of aliphatic hydroxyl groups excluding tert-OH is 1. The molecule has 3 rings (SSSR count). The summed E-state index contributed by atoms with van der Waals surface area (Å²) in [7, 11) is 0. The van der Waals surface area contributed by atoms with Crippen molar-refractivity contribution in [2.24, 2.45) is 4.99 Å². The van der Waals surface area contributed by atoms with Gasteiger partial charge in [-0.15, -0.1) is 0 Å². The van der Waals surface area contributed by atoms with Gasteiger partial charge in [-0.25, -0.2) is 9.79 Å². The Balaban J connectivity index is 1.99. The number of benzene rings is 2. The van der Waals surface area contributed by atoms with Crippen LogP contribution in [0.4, 0.5) is 0 Å². The molecular formula is C25H21BrN2O5S. The highest BCUT2D eigenvalue weighted by Gasteiger charge is 2.33. The Kier molecular flexibility index (Phi) is 8.68. The third-order valence-corrected chi connectivity index (χ3v) is 6.19. The van der Waals surface area contributed by atoms with Crippen molar-refractivity contribution < 1.29 is 24.2 Å². The number of nitriles is 1. The molecule has 1 aliphatic rings. The zero-order valence-electron chi connectivity index (χ0n) is 18.5. The smallest absolute Gasteiger partial charge is 0.344 e. The van der Waals surface area contributed by atoms with Gasteiger partial charge in [-0.05, 0) is 37.3 Å². The number of thioether (sulfide) groups is 1. The van der Waals surface area contributed by atoms with Gasteiger partial charge in [0.25, 0.3) is 0 Å². The largest absolute Gasteiger partial charge is 0.506 e. The first kappa shape index (κ1) is 25.3. The topological polar surface area (TPSA) is 109 Å². The zero-order valence-corrected chi connectivity index (χ0v) is 20.9. The van der Waals surface area contributed by atoms with Gasteiger partial charge in [0.15, 0.2) is 0 Å². The van der Waals surface area contributed by atoms with Gasteiger partial charge in [0.2, 0.25) is 5.91 Å². The molecule has 0 radical (unpaired) electrons. The highest BCUT2D eigenvalue weighted by molar-refractivity contribution is 9.10. The summed E-state index contributed by atoms with van der Waals surface area (Å²) in [4.78, 5) is 28.6. The van der Waals surface area contributed by atoms with Crippen LogP contribution in [0.2, 0.25) is 0 Å². The van der Waals surface area contributed by atoms with E-state index in [1.54, 1.807) is 44.2 Å². The van der Waals surface area contributed by atoms with Crippen molar-refractivity contribution >= 4 is 50.7 Å². The second kappa shape index (κ2) is 11.7. The molecule has 0 saturated carbocycles. The fourth-order valence-electron chi connectivity index (χ4n) is 3.00. The number of nitrogens with zero attached hydrogens (tertiary/aromatic N) is 2. The molecule has 0 saturated heterocycles. The van der Waals surface area contributed by atoms with Crippen LogP contribution < -0.4 is 4.74 Å². The van der Waals surface area contributed by atoms with E-state index in [0.29, 0.717) is 21.8 Å². The Morgan fingerprint density at radius 1 is 1.24 bits per heavy atom. The monoisotopic (exact) mass is 540 g/mol.